The molecule has 0 heterocycles. The summed E-state index contributed by atoms with van der Waals surface area (Å²) in [5.41, 5.74) is 0. The lowest BCUT2D eigenvalue weighted by Gasteiger charge is -2.24. The van der Waals surface area contributed by atoms with Crippen LogP contribution in [-0.4, -0.2) is 66.6 Å². The minimum atomic E-state index is -0.0175. The number of thioether (sulfide) groups is 1. The fraction of sp³-hybridized carbons (Fsp3) is 0.875. The van der Waals surface area contributed by atoms with Gasteiger partial charge in [0, 0.05) is 31.3 Å². The molecule has 0 saturated heterocycles. The van der Waals surface area contributed by atoms with Crippen molar-refractivity contribution in [1.29, 1.82) is 0 Å². The van der Waals surface area contributed by atoms with Gasteiger partial charge < -0.3 is 14.5 Å². The van der Waals surface area contributed by atoms with E-state index in [4.69, 9.17) is 4.74 Å². The van der Waals surface area contributed by atoms with E-state index in [1.54, 1.807) is 0 Å². The van der Waals surface area contributed by atoms with Crippen molar-refractivity contribution in [3.05, 3.63) is 24.3 Å². The largest absolute Gasteiger partial charge is 0.466 e. The Hall–Kier alpha value is -1.27. The smallest absolute Gasteiger partial charge is 0.305 e. The van der Waals surface area contributed by atoms with Gasteiger partial charge >= 0.3 is 5.97 Å². The predicted octanol–water partition coefficient (Wildman–Crippen LogP) is 15.1. The van der Waals surface area contributed by atoms with Gasteiger partial charge in [0.05, 0.1) is 6.61 Å². The third-order valence-corrected chi connectivity index (χ3v) is 12.2. The van der Waals surface area contributed by atoms with E-state index < -0.39 is 0 Å². The number of allylic oxidation sites excluding steroid dienone is 4. The highest BCUT2D eigenvalue weighted by Gasteiger charge is 2.16. The molecule has 0 spiro atoms. The highest BCUT2D eigenvalue weighted by Crippen LogP contribution is 2.22. The molecule has 2 unspecified atom stereocenters. The van der Waals surface area contributed by atoms with Crippen LogP contribution in [-0.2, 0) is 9.53 Å². The maximum absolute atomic E-state index is 13.2. The van der Waals surface area contributed by atoms with E-state index in [2.05, 4.69) is 75.9 Å². The van der Waals surface area contributed by atoms with Crippen molar-refractivity contribution in [1.82, 2.24) is 9.80 Å². The second-order valence-corrected chi connectivity index (χ2v) is 17.4. The lowest BCUT2D eigenvalue weighted by molar-refractivity contribution is -0.144. The van der Waals surface area contributed by atoms with Crippen molar-refractivity contribution in [2.45, 2.75) is 226 Å². The van der Waals surface area contributed by atoms with Crippen LogP contribution >= 0.6 is 11.8 Å². The third-order valence-electron chi connectivity index (χ3n) is 11.0. The standard InChI is InChI=1S/C48H92N2O3S/c1-7-10-13-16-17-18-19-20-21-22-23-24-25-26-30-35-41-50(48(52)54-44-45(4)49(5)6)42-36-31-27-29-34-39-47(51)53-43-40-46(37-32-15-12-9-3)38-33-28-14-11-8-2/h18-19,21-22,45-46H,7-17,20,23-44H2,1-6H3. The van der Waals surface area contributed by atoms with E-state index in [1.807, 2.05) is 0 Å². The fourth-order valence-corrected chi connectivity index (χ4v) is 7.91. The molecular formula is C48H92N2O3S. The van der Waals surface area contributed by atoms with Crippen molar-refractivity contribution in [2.24, 2.45) is 5.92 Å². The number of hydrogen-bond donors (Lipinski definition) is 0. The molecule has 318 valence electrons. The molecule has 54 heavy (non-hydrogen) atoms. The first-order chi connectivity index (χ1) is 26.3. The number of carbonyl (C=O) groups excluding carboxylic acids is 2. The van der Waals surface area contributed by atoms with Crippen molar-refractivity contribution in [3.8, 4) is 0 Å². The molecule has 5 nitrogen and oxygen atoms in total. The van der Waals surface area contributed by atoms with Crippen LogP contribution in [0.25, 0.3) is 0 Å². The zero-order valence-electron chi connectivity index (χ0n) is 37.0. The van der Waals surface area contributed by atoms with Crippen LogP contribution in [0.15, 0.2) is 24.3 Å². The Morgan fingerprint density at radius 2 is 1.04 bits per heavy atom. The topological polar surface area (TPSA) is 49.9 Å². The molecule has 0 aliphatic carbocycles. The van der Waals surface area contributed by atoms with Gasteiger partial charge in [0.25, 0.3) is 5.24 Å². The first-order valence-corrected chi connectivity index (χ1v) is 24.4. The molecule has 0 rings (SSSR count). The van der Waals surface area contributed by atoms with Crippen molar-refractivity contribution in [3.63, 3.8) is 0 Å². The molecule has 0 saturated carbocycles. The minimum absolute atomic E-state index is 0.0175. The average Bonchev–Trinajstić information content (AvgIpc) is 3.16. The minimum Gasteiger partial charge on any atom is -0.466 e. The Morgan fingerprint density at radius 3 is 1.59 bits per heavy atom. The van der Waals surface area contributed by atoms with Crippen LogP contribution in [0.1, 0.15) is 220 Å². The number of ether oxygens (including phenoxy) is 1. The number of amides is 1. The van der Waals surface area contributed by atoms with Gasteiger partial charge in [-0.2, -0.15) is 0 Å². The van der Waals surface area contributed by atoms with Gasteiger partial charge in [-0.1, -0.05) is 185 Å². The molecule has 0 aromatic carbocycles. The molecule has 0 radical (unpaired) electrons. The number of esters is 1. The van der Waals surface area contributed by atoms with Gasteiger partial charge in [-0.05, 0) is 84.7 Å². The van der Waals surface area contributed by atoms with E-state index >= 15 is 0 Å². The molecule has 1 amide bonds. The van der Waals surface area contributed by atoms with Gasteiger partial charge in [0.15, 0.2) is 0 Å². The summed E-state index contributed by atoms with van der Waals surface area (Å²) in [4.78, 5) is 30.0. The van der Waals surface area contributed by atoms with E-state index in [0.717, 1.165) is 70.2 Å². The summed E-state index contributed by atoms with van der Waals surface area (Å²) >= 11 is 1.49. The Labute approximate surface area is 342 Å². The van der Waals surface area contributed by atoms with E-state index in [9.17, 15) is 9.59 Å². The summed E-state index contributed by atoms with van der Waals surface area (Å²) in [7, 11) is 4.17. The van der Waals surface area contributed by atoms with E-state index in [1.165, 1.54) is 147 Å². The quantitative estimate of drug-likeness (QED) is 0.0352. The monoisotopic (exact) mass is 777 g/mol. The Kier molecular flexibility index (Phi) is 40.4. The Bertz CT molecular complexity index is 876. The number of nitrogens with zero attached hydrogens (tertiary/aromatic N) is 2. The SMILES string of the molecule is CCCCCCC=CCC=CCCCCCCCN(CCCCCCCC(=O)OCCC(CCCCCC)CCCCCCC)C(=O)SCC(C)N(C)C. The van der Waals surface area contributed by atoms with Gasteiger partial charge in [0.1, 0.15) is 0 Å². The van der Waals surface area contributed by atoms with Crippen LogP contribution in [0.2, 0.25) is 0 Å². The number of unbranched alkanes of at least 4 members (excludes halogenated alkanes) is 20. The normalized spacial score (nSPS) is 13.0. The maximum atomic E-state index is 13.2. The third kappa shape index (κ3) is 36.4. The van der Waals surface area contributed by atoms with Crippen LogP contribution in [0.4, 0.5) is 4.79 Å². The zero-order chi connectivity index (χ0) is 39.7. The van der Waals surface area contributed by atoms with Crippen LogP contribution in [0, 0.1) is 5.92 Å². The molecule has 0 aromatic heterocycles. The van der Waals surface area contributed by atoms with Crippen LogP contribution in [0.3, 0.4) is 0 Å². The van der Waals surface area contributed by atoms with Crippen molar-refractivity contribution in [2.75, 3.05) is 39.5 Å². The van der Waals surface area contributed by atoms with Gasteiger partial charge in [-0.3, -0.25) is 9.59 Å². The lowest BCUT2D eigenvalue weighted by Crippen LogP contribution is -2.32. The van der Waals surface area contributed by atoms with Crippen molar-refractivity contribution >= 4 is 23.0 Å². The first kappa shape index (κ1) is 52.7. The summed E-state index contributed by atoms with van der Waals surface area (Å²) < 4.78 is 5.70. The number of carbonyl (C=O) groups is 2. The maximum Gasteiger partial charge on any atom is 0.305 e. The molecule has 0 N–H and O–H groups in total. The Balaban J connectivity index is 4.30. The van der Waals surface area contributed by atoms with Crippen LogP contribution in [0.5, 0.6) is 0 Å². The molecule has 6 heteroatoms. The molecular weight excluding hydrogens is 685 g/mol. The highest BCUT2D eigenvalue weighted by molar-refractivity contribution is 8.13. The number of rotatable bonds is 40. The van der Waals surface area contributed by atoms with Gasteiger partial charge in [-0.25, -0.2) is 0 Å². The summed E-state index contributed by atoms with van der Waals surface area (Å²) in [6.07, 6.45) is 45.5. The molecule has 0 fully saturated rings. The Morgan fingerprint density at radius 1 is 0.574 bits per heavy atom. The first-order valence-electron chi connectivity index (χ1n) is 23.4. The average molecular weight is 777 g/mol. The fourth-order valence-electron chi connectivity index (χ4n) is 6.86. The second kappa shape index (κ2) is 41.4. The lowest BCUT2D eigenvalue weighted by atomic mass is 9.92. The molecule has 0 aliphatic rings. The second-order valence-electron chi connectivity index (χ2n) is 16.4. The predicted molar refractivity (Wildman–Crippen MR) is 241 cm³/mol. The van der Waals surface area contributed by atoms with Gasteiger partial charge in [0.2, 0.25) is 0 Å². The number of hydrogen-bond acceptors (Lipinski definition) is 5. The summed E-state index contributed by atoms with van der Waals surface area (Å²) in [6.45, 7) is 11.3. The molecule has 0 bridgehead atoms. The van der Waals surface area contributed by atoms with Gasteiger partial charge in [-0.15, -0.1) is 0 Å². The van der Waals surface area contributed by atoms with E-state index in [0.29, 0.717) is 25.0 Å². The van der Waals surface area contributed by atoms with Crippen molar-refractivity contribution < 1.29 is 14.3 Å². The molecule has 0 aliphatic heterocycles. The summed E-state index contributed by atoms with van der Waals surface area (Å²) in [6, 6.07) is 0.380. The van der Waals surface area contributed by atoms with Crippen LogP contribution < -0.4 is 0 Å². The highest BCUT2D eigenvalue weighted by atomic mass is 32.2. The summed E-state index contributed by atoms with van der Waals surface area (Å²) in [5.74, 6) is 1.52. The molecule has 0 aromatic rings. The summed E-state index contributed by atoms with van der Waals surface area (Å²) in [5, 5.41) is 0.242. The van der Waals surface area contributed by atoms with E-state index in [-0.39, 0.29) is 11.2 Å². The zero-order valence-corrected chi connectivity index (χ0v) is 37.8. The molecule has 2 atom stereocenters.